The van der Waals surface area contributed by atoms with E-state index in [0.717, 1.165) is 10.1 Å². The van der Waals surface area contributed by atoms with Crippen molar-refractivity contribution in [3.05, 3.63) is 56.6 Å². The molecule has 1 heterocycles. The van der Waals surface area contributed by atoms with Gasteiger partial charge in [0.15, 0.2) is 5.82 Å². The molecule has 1 aromatic carbocycles. The average molecular weight is 370 g/mol. The standard InChI is InChI=1S/C16H17Cl2N3O3/c1-2-24-14(22)10-21-13(18)9-20-15(16(21)23)19-8-7-11-3-5-12(17)6-4-11/h3-6,9H,2,7-8,10H2,1H3,(H,19,20). The molecule has 2 rings (SSSR count). The Balaban J connectivity index is 2.03. The number of halogens is 2. The monoisotopic (exact) mass is 369 g/mol. The van der Waals surface area contributed by atoms with Gasteiger partial charge in [-0.25, -0.2) is 4.98 Å². The molecule has 0 radical (unpaired) electrons. The third-order valence-electron chi connectivity index (χ3n) is 3.22. The van der Waals surface area contributed by atoms with Crippen molar-refractivity contribution in [1.82, 2.24) is 9.55 Å². The Bertz CT molecular complexity index is 760. The van der Waals surface area contributed by atoms with Gasteiger partial charge < -0.3 is 10.1 Å². The van der Waals surface area contributed by atoms with Crippen molar-refractivity contribution < 1.29 is 9.53 Å². The second-order valence-electron chi connectivity index (χ2n) is 4.93. The van der Waals surface area contributed by atoms with Gasteiger partial charge >= 0.3 is 5.97 Å². The lowest BCUT2D eigenvalue weighted by Crippen LogP contribution is -2.29. The highest BCUT2D eigenvalue weighted by Crippen LogP contribution is 2.10. The molecule has 0 unspecified atom stereocenters. The van der Waals surface area contributed by atoms with Crippen molar-refractivity contribution in [1.29, 1.82) is 0 Å². The molecular formula is C16H17Cl2N3O3. The number of ether oxygens (including phenoxy) is 1. The average Bonchev–Trinajstić information content (AvgIpc) is 2.55. The first-order valence-corrected chi connectivity index (χ1v) is 8.16. The van der Waals surface area contributed by atoms with Crippen LogP contribution in [0.2, 0.25) is 10.2 Å². The largest absolute Gasteiger partial charge is 0.465 e. The first kappa shape index (κ1) is 18.3. The number of rotatable bonds is 7. The van der Waals surface area contributed by atoms with Gasteiger partial charge in [-0.2, -0.15) is 0 Å². The van der Waals surface area contributed by atoms with Crippen LogP contribution in [0, 0.1) is 0 Å². The molecule has 128 valence electrons. The van der Waals surface area contributed by atoms with Crippen molar-refractivity contribution in [2.75, 3.05) is 18.5 Å². The molecule has 0 saturated heterocycles. The first-order chi connectivity index (χ1) is 11.5. The van der Waals surface area contributed by atoms with Gasteiger partial charge in [0.25, 0.3) is 5.56 Å². The number of nitrogens with one attached hydrogen (secondary N) is 1. The van der Waals surface area contributed by atoms with Crippen molar-refractivity contribution in [2.45, 2.75) is 19.9 Å². The maximum Gasteiger partial charge on any atom is 0.326 e. The summed E-state index contributed by atoms with van der Waals surface area (Å²) in [6.45, 7) is 2.19. The summed E-state index contributed by atoms with van der Waals surface area (Å²) in [7, 11) is 0. The molecule has 0 spiro atoms. The molecule has 0 saturated carbocycles. The van der Waals surface area contributed by atoms with Gasteiger partial charge in [-0.05, 0) is 31.0 Å². The van der Waals surface area contributed by atoms with E-state index in [1.54, 1.807) is 6.92 Å². The topological polar surface area (TPSA) is 73.2 Å². The predicted octanol–water partition coefficient (Wildman–Crippen LogP) is 2.77. The smallest absolute Gasteiger partial charge is 0.326 e. The maximum atomic E-state index is 12.3. The van der Waals surface area contributed by atoms with Gasteiger partial charge in [-0.3, -0.25) is 14.2 Å². The maximum absolute atomic E-state index is 12.3. The molecule has 0 atom stereocenters. The van der Waals surface area contributed by atoms with Crippen LogP contribution in [0.4, 0.5) is 5.82 Å². The lowest BCUT2D eigenvalue weighted by molar-refractivity contribution is -0.143. The Morgan fingerprint density at radius 3 is 2.67 bits per heavy atom. The summed E-state index contributed by atoms with van der Waals surface area (Å²) in [4.78, 5) is 27.9. The highest BCUT2D eigenvalue weighted by atomic mass is 35.5. The summed E-state index contributed by atoms with van der Waals surface area (Å²) in [5.41, 5.74) is 0.611. The zero-order valence-electron chi connectivity index (χ0n) is 13.1. The van der Waals surface area contributed by atoms with E-state index < -0.39 is 11.5 Å². The summed E-state index contributed by atoms with van der Waals surface area (Å²) in [5.74, 6) is -0.391. The van der Waals surface area contributed by atoms with Crippen LogP contribution in [0.25, 0.3) is 0 Å². The predicted molar refractivity (Wildman–Crippen MR) is 93.8 cm³/mol. The van der Waals surface area contributed by atoms with E-state index in [1.165, 1.54) is 6.20 Å². The van der Waals surface area contributed by atoms with Crippen LogP contribution in [-0.4, -0.2) is 28.7 Å². The second kappa shape index (κ2) is 8.70. The molecule has 24 heavy (non-hydrogen) atoms. The highest BCUT2D eigenvalue weighted by molar-refractivity contribution is 6.30. The van der Waals surface area contributed by atoms with Crippen LogP contribution in [0.5, 0.6) is 0 Å². The molecule has 6 nitrogen and oxygen atoms in total. The van der Waals surface area contributed by atoms with E-state index in [-0.39, 0.29) is 24.1 Å². The van der Waals surface area contributed by atoms with Gasteiger partial charge in [0.1, 0.15) is 11.7 Å². The highest BCUT2D eigenvalue weighted by Gasteiger charge is 2.12. The lowest BCUT2D eigenvalue weighted by Gasteiger charge is -2.10. The van der Waals surface area contributed by atoms with Crippen LogP contribution in [0.15, 0.2) is 35.3 Å². The van der Waals surface area contributed by atoms with Gasteiger partial charge in [-0.1, -0.05) is 35.3 Å². The van der Waals surface area contributed by atoms with Gasteiger partial charge in [0.05, 0.1) is 12.8 Å². The van der Waals surface area contributed by atoms with Crippen LogP contribution < -0.4 is 10.9 Å². The minimum Gasteiger partial charge on any atom is -0.465 e. The molecule has 0 aliphatic carbocycles. The number of anilines is 1. The lowest BCUT2D eigenvalue weighted by atomic mass is 10.1. The minimum absolute atomic E-state index is 0.0799. The van der Waals surface area contributed by atoms with E-state index in [4.69, 9.17) is 27.9 Å². The molecule has 8 heteroatoms. The number of carbonyl (C=O) groups excluding carboxylic acids is 1. The molecule has 2 aromatic rings. The molecular weight excluding hydrogens is 353 g/mol. The van der Waals surface area contributed by atoms with Crippen molar-refractivity contribution in [3.8, 4) is 0 Å². The van der Waals surface area contributed by atoms with Crippen molar-refractivity contribution in [3.63, 3.8) is 0 Å². The number of hydrogen-bond donors (Lipinski definition) is 1. The molecule has 0 aliphatic rings. The molecule has 0 aliphatic heterocycles. The zero-order valence-corrected chi connectivity index (χ0v) is 14.6. The summed E-state index contributed by atoms with van der Waals surface area (Å²) in [6.07, 6.45) is 2.02. The second-order valence-corrected chi connectivity index (χ2v) is 5.75. The summed E-state index contributed by atoms with van der Waals surface area (Å²) in [6, 6.07) is 7.45. The van der Waals surface area contributed by atoms with Crippen LogP contribution >= 0.6 is 23.2 Å². The first-order valence-electron chi connectivity index (χ1n) is 7.40. The number of aromatic nitrogens is 2. The Morgan fingerprint density at radius 1 is 1.29 bits per heavy atom. The minimum atomic E-state index is -0.528. The normalized spacial score (nSPS) is 10.5. The van der Waals surface area contributed by atoms with E-state index in [0.29, 0.717) is 18.0 Å². The van der Waals surface area contributed by atoms with Gasteiger partial charge in [0, 0.05) is 11.6 Å². The SMILES string of the molecule is CCOC(=O)Cn1c(Cl)cnc(NCCc2ccc(Cl)cc2)c1=O. The van der Waals surface area contributed by atoms with E-state index in [2.05, 4.69) is 10.3 Å². The molecule has 0 fully saturated rings. The van der Waals surface area contributed by atoms with Crippen LogP contribution in [0.3, 0.4) is 0 Å². The van der Waals surface area contributed by atoms with Crippen molar-refractivity contribution in [2.24, 2.45) is 0 Å². The number of benzene rings is 1. The Labute approximate surface area is 149 Å². The zero-order chi connectivity index (χ0) is 17.5. The number of hydrogen-bond acceptors (Lipinski definition) is 5. The summed E-state index contributed by atoms with van der Waals surface area (Å²) >= 11 is 11.8. The Kier molecular flexibility index (Phi) is 6.63. The van der Waals surface area contributed by atoms with Crippen LogP contribution in [-0.2, 0) is 22.5 Å². The van der Waals surface area contributed by atoms with E-state index >= 15 is 0 Å². The molecule has 0 bridgehead atoms. The Morgan fingerprint density at radius 2 is 2.00 bits per heavy atom. The van der Waals surface area contributed by atoms with E-state index in [9.17, 15) is 9.59 Å². The van der Waals surface area contributed by atoms with Gasteiger partial charge in [0.2, 0.25) is 0 Å². The fourth-order valence-electron chi connectivity index (χ4n) is 2.05. The third kappa shape index (κ3) is 4.97. The quantitative estimate of drug-likeness (QED) is 0.759. The third-order valence-corrected chi connectivity index (χ3v) is 3.77. The van der Waals surface area contributed by atoms with Crippen LogP contribution in [0.1, 0.15) is 12.5 Å². The van der Waals surface area contributed by atoms with Gasteiger partial charge in [-0.15, -0.1) is 0 Å². The summed E-state index contributed by atoms with van der Waals surface area (Å²) < 4.78 is 5.96. The number of carbonyl (C=O) groups is 1. The van der Waals surface area contributed by atoms with E-state index in [1.807, 2.05) is 24.3 Å². The fraction of sp³-hybridized carbons (Fsp3) is 0.312. The molecule has 1 N–H and O–H groups in total. The number of esters is 1. The fourth-order valence-corrected chi connectivity index (χ4v) is 2.36. The molecule has 1 aromatic heterocycles. The van der Waals surface area contributed by atoms with Crippen molar-refractivity contribution >= 4 is 35.0 Å². The Hall–Kier alpha value is -2.05. The molecule has 0 amide bonds. The summed E-state index contributed by atoms with van der Waals surface area (Å²) in [5, 5.41) is 3.71. The number of nitrogens with zero attached hydrogens (tertiary/aromatic N) is 2.